The van der Waals surface area contributed by atoms with Crippen molar-refractivity contribution in [2.75, 3.05) is 18.4 Å². The average Bonchev–Trinajstić information content (AvgIpc) is 2.78. The number of hydrogen-bond donors (Lipinski definition) is 3. The van der Waals surface area contributed by atoms with E-state index >= 15 is 0 Å². The molecule has 2 heterocycles. The molecule has 1 saturated heterocycles. The van der Waals surface area contributed by atoms with Crippen LogP contribution in [0.4, 0.5) is 5.69 Å². The van der Waals surface area contributed by atoms with E-state index < -0.39 is 11.9 Å². The second-order valence-electron chi connectivity index (χ2n) is 7.84. The third-order valence-electron chi connectivity index (χ3n) is 5.57. The summed E-state index contributed by atoms with van der Waals surface area (Å²) in [4.78, 5) is 41.7. The van der Waals surface area contributed by atoms with E-state index in [0.717, 1.165) is 38.0 Å². The molecule has 8 heteroatoms. The van der Waals surface area contributed by atoms with Gasteiger partial charge in [-0.3, -0.25) is 24.3 Å². The van der Waals surface area contributed by atoms with E-state index in [1.165, 1.54) is 23.8 Å². The molecule has 2 amide bonds. The second-order valence-corrected chi connectivity index (χ2v) is 7.84. The van der Waals surface area contributed by atoms with Crippen molar-refractivity contribution in [3.63, 3.8) is 0 Å². The van der Waals surface area contributed by atoms with Gasteiger partial charge in [0.05, 0.1) is 10.9 Å². The molecule has 1 aromatic heterocycles. The van der Waals surface area contributed by atoms with E-state index in [1.807, 2.05) is 26.0 Å². The first kappa shape index (κ1) is 25.5. The Hall–Kier alpha value is -2.74. The molecule has 176 valence electrons. The number of anilines is 1. The predicted molar refractivity (Wildman–Crippen MR) is 129 cm³/mol. The molecule has 4 N–H and O–H groups in total. The van der Waals surface area contributed by atoms with Crippen molar-refractivity contribution in [2.45, 2.75) is 78.2 Å². The molecule has 1 aliphatic heterocycles. The fourth-order valence-corrected chi connectivity index (χ4v) is 4.00. The van der Waals surface area contributed by atoms with Gasteiger partial charge in [-0.05, 0) is 44.9 Å². The van der Waals surface area contributed by atoms with Crippen LogP contribution in [0.2, 0.25) is 0 Å². The zero-order valence-corrected chi connectivity index (χ0v) is 19.6. The van der Waals surface area contributed by atoms with Crippen molar-refractivity contribution in [2.24, 2.45) is 5.73 Å². The van der Waals surface area contributed by atoms with Gasteiger partial charge in [-0.2, -0.15) is 0 Å². The zero-order valence-electron chi connectivity index (χ0n) is 19.6. The Morgan fingerprint density at radius 1 is 1.09 bits per heavy atom. The number of carbonyl (C=O) groups excluding carboxylic acids is 2. The van der Waals surface area contributed by atoms with Crippen molar-refractivity contribution in [3.8, 4) is 0 Å². The van der Waals surface area contributed by atoms with Crippen LogP contribution in [0.3, 0.4) is 0 Å². The highest BCUT2D eigenvalue weighted by atomic mass is 16.2. The van der Waals surface area contributed by atoms with Gasteiger partial charge >= 0.3 is 0 Å². The molecule has 0 spiro atoms. The van der Waals surface area contributed by atoms with Crippen LogP contribution in [-0.4, -0.2) is 34.5 Å². The first-order valence-corrected chi connectivity index (χ1v) is 11.8. The number of nitrogens with zero attached hydrogens (tertiary/aromatic N) is 2. The summed E-state index contributed by atoms with van der Waals surface area (Å²) in [5, 5.41) is 6.18. The summed E-state index contributed by atoms with van der Waals surface area (Å²) in [6.07, 6.45) is 7.30. The molecule has 2 aromatic rings. The number of aromatic nitrogens is 2. The third-order valence-corrected chi connectivity index (χ3v) is 5.57. The first-order valence-electron chi connectivity index (χ1n) is 11.8. The Morgan fingerprint density at radius 2 is 1.78 bits per heavy atom. The lowest BCUT2D eigenvalue weighted by atomic mass is 10.1. The van der Waals surface area contributed by atoms with Crippen molar-refractivity contribution >= 4 is 28.4 Å². The minimum absolute atomic E-state index is 0.214. The van der Waals surface area contributed by atoms with Crippen LogP contribution in [0.5, 0.6) is 0 Å². The van der Waals surface area contributed by atoms with Gasteiger partial charge in [0.1, 0.15) is 11.9 Å². The molecule has 3 rings (SSSR count). The number of unbranched alkanes of at least 4 members (excludes halogenated alkanes) is 5. The summed E-state index contributed by atoms with van der Waals surface area (Å²) >= 11 is 0. The molecule has 1 unspecified atom stereocenters. The topological polar surface area (TPSA) is 119 Å². The minimum Gasteiger partial charge on any atom is -0.384 e. The largest absolute Gasteiger partial charge is 0.384 e. The maximum Gasteiger partial charge on any atom is 0.264 e. The van der Waals surface area contributed by atoms with E-state index in [9.17, 15) is 14.4 Å². The Labute approximate surface area is 190 Å². The number of benzene rings is 1. The molecule has 0 saturated carbocycles. The molecular weight excluding hydrogens is 406 g/mol. The van der Waals surface area contributed by atoms with E-state index in [4.69, 9.17) is 5.73 Å². The smallest absolute Gasteiger partial charge is 0.264 e. The van der Waals surface area contributed by atoms with Gasteiger partial charge in [0.15, 0.2) is 0 Å². The number of carbonyl (C=O) groups is 2. The van der Waals surface area contributed by atoms with Gasteiger partial charge in [-0.1, -0.05) is 45.6 Å². The van der Waals surface area contributed by atoms with E-state index in [2.05, 4.69) is 15.6 Å². The standard InChI is InChI=1S/C22H31N5O3.C2H6/c1-15-25-17-10-8-9-16(24-14-7-5-3-2-4-6-13-23)20(17)22(30)27(15)18-11-12-19(28)26-21(18)29;1-2/h8-10,18,24H,2-7,11-14,23H2,1H3,(H,26,28,29);1-2H3. The molecule has 0 radical (unpaired) electrons. The maximum atomic E-state index is 13.3. The highest BCUT2D eigenvalue weighted by molar-refractivity contribution is 5.99. The van der Waals surface area contributed by atoms with E-state index in [1.54, 1.807) is 13.0 Å². The van der Waals surface area contributed by atoms with Gasteiger partial charge in [-0.25, -0.2) is 4.98 Å². The molecule has 8 nitrogen and oxygen atoms in total. The zero-order chi connectivity index (χ0) is 23.5. The summed E-state index contributed by atoms with van der Waals surface area (Å²) in [5.41, 5.74) is 6.60. The molecular formula is C24H37N5O3. The fraction of sp³-hybridized carbons (Fsp3) is 0.583. The molecule has 32 heavy (non-hydrogen) atoms. The monoisotopic (exact) mass is 443 g/mol. The molecule has 1 aromatic carbocycles. The number of nitrogens with two attached hydrogens (primary N) is 1. The number of imide groups is 1. The van der Waals surface area contributed by atoms with E-state index in [0.29, 0.717) is 23.1 Å². The first-order chi connectivity index (χ1) is 15.5. The number of fused-ring (bicyclic) bond motifs is 1. The second kappa shape index (κ2) is 13.0. The van der Waals surface area contributed by atoms with Gasteiger partial charge in [-0.15, -0.1) is 0 Å². The number of piperidine rings is 1. The molecule has 1 fully saturated rings. The van der Waals surface area contributed by atoms with Crippen LogP contribution in [0.25, 0.3) is 10.9 Å². The van der Waals surface area contributed by atoms with Crippen LogP contribution < -0.4 is 21.9 Å². The minimum atomic E-state index is -0.714. The van der Waals surface area contributed by atoms with Crippen LogP contribution in [0.15, 0.2) is 23.0 Å². The number of amides is 2. The summed E-state index contributed by atoms with van der Waals surface area (Å²) in [6, 6.07) is 4.84. The van der Waals surface area contributed by atoms with Gasteiger partial charge in [0, 0.05) is 18.7 Å². The van der Waals surface area contributed by atoms with Crippen molar-refractivity contribution in [1.29, 1.82) is 0 Å². The number of aryl methyl sites for hydroxylation is 1. The molecule has 0 bridgehead atoms. The lowest BCUT2D eigenvalue weighted by Crippen LogP contribution is -2.45. The van der Waals surface area contributed by atoms with Gasteiger partial charge in [0.25, 0.3) is 5.56 Å². The third kappa shape index (κ3) is 6.38. The summed E-state index contributed by atoms with van der Waals surface area (Å²) in [6.45, 7) is 7.24. The Kier molecular flexibility index (Phi) is 10.3. The Morgan fingerprint density at radius 3 is 2.47 bits per heavy atom. The summed E-state index contributed by atoms with van der Waals surface area (Å²) in [7, 11) is 0. The Bertz CT molecular complexity index is 970. The average molecular weight is 444 g/mol. The van der Waals surface area contributed by atoms with Crippen molar-refractivity contribution in [3.05, 3.63) is 34.4 Å². The summed E-state index contributed by atoms with van der Waals surface area (Å²) < 4.78 is 1.42. The molecule has 1 aliphatic rings. The fourth-order valence-electron chi connectivity index (χ4n) is 4.00. The van der Waals surface area contributed by atoms with E-state index in [-0.39, 0.29) is 17.9 Å². The van der Waals surface area contributed by atoms with Crippen LogP contribution in [0, 0.1) is 6.92 Å². The Balaban J connectivity index is 0.00000176. The number of hydrogen-bond acceptors (Lipinski definition) is 6. The van der Waals surface area contributed by atoms with Crippen LogP contribution in [0.1, 0.15) is 77.1 Å². The quantitative estimate of drug-likeness (QED) is 0.382. The van der Waals surface area contributed by atoms with Gasteiger partial charge < -0.3 is 11.1 Å². The SMILES string of the molecule is CC.Cc1nc2cccc(NCCCCCCCCN)c2c(=O)n1C1CCC(=O)NC1=O. The maximum absolute atomic E-state index is 13.3. The predicted octanol–water partition coefficient (Wildman–Crippen LogP) is 3.42. The number of rotatable bonds is 10. The molecule has 0 aliphatic carbocycles. The van der Waals surface area contributed by atoms with Crippen LogP contribution in [-0.2, 0) is 9.59 Å². The lowest BCUT2D eigenvalue weighted by Gasteiger charge is -2.24. The van der Waals surface area contributed by atoms with Crippen molar-refractivity contribution in [1.82, 2.24) is 14.9 Å². The lowest BCUT2D eigenvalue weighted by molar-refractivity contribution is -0.135. The number of nitrogens with one attached hydrogen (secondary N) is 2. The van der Waals surface area contributed by atoms with Gasteiger partial charge in [0.2, 0.25) is 11.8 Å². The molecule has 1 atom stereocenters. The normalized spacial score (nSPS) is 15.8. The van der Waals surface area contributed by atoms with Crippen molar-refractivity contribution < 1.29 is 9.59 Å². The highest BCUT2D eigenvalue weighted by Gasteiger charge is 2.30. The highest BCUT2D eigenvalue weighted by Crippen LogP contribution is 2.23. The summed E-state index contributed by atoms with van der Waals surface area (Å²) in [5.74, 6) is -0.282. The van der Waals surface area contributed by atoms with Crippen LogP contribution >= 0.6 is 0 Å².